The summed E-state index contributed by atoms with van der Waals surface area (Å²) in [5, 5.41) is 39.7. The molecule has 0 spiro atoms. The molecule has 0 fully saturated rings. The standard InChI is InChI=1S/C28H52N6O9/c1-19(2)26(40)29-16-10-9-11-17-32(41)24(38)14-13-23(37)31-28(7,8)20(3)33(42)25(39)15-12-22(36)30-18-27(5,6)34(43)21(4)35/h19-20,41-43H,9-18H2,1-8H3,(H,29,40)(H,30,36)(H,31,37). The lowest BCUT2D eigenvalue weighted by atomic mass is 9.95. The molecular formula is C28H52N6O9. The van der Waals surface area contributed by atoms with Crippen LogP contribution in [0.2, 0.25) is 0 Å². The smallest absolute Gasteiger partial charge is 0.246 e. The number of unbranched alkanes of at least 4 members (excludes halogenated alkanes) is 2. The van der Waals surface area contributed by atoms with Crippen LogP contribution in [0.1, 0.15) is 100 Å². The summed E-state index contributed by atoms with van der Waals surface area (Å²) in [6.07, 6.45) is 0.864. The highest BCUT2D eigenvalue weighted by Gasteiger charge is 2.34. The van der Waals surface area contributed by atoms with Crippen molar-refractivity contribution in [2.75, 3.05) is 19.6 Å². The van der Waals surface area contributed by atoms with Gasteiger partial charge >= 0.3 is 0 Å². The predicted molar refractivity (Wildman–Crippen MR) is 155 cm³/mol. The number of hydrogen-bond acceptors (Lipinski definition) is 9. The highest BCUT2D eigenvalue weighted by Crippen LogP contribution is 2.17. The first-order valence-corrected chi connectivity index (χ1v) is 14.6. The number of hydroxylamine groups is 6. The second-order valence-corrected chi connectivity index (χ2v) is 12.1. The first-order chi connectivity index (χ1) is 19.7. The van der Waals surface area contributed by atoms with E-state index in [2.05, 4.69) is 16.0 Å². The summed E-state index contributed by atoms with van der Waals surface area (Å²) in [6, 6.07) is -0.903. The molecule has 0 saturated heterocycles. The van der Waals surface area contributed by atoms with Gasteiger partial charge in [0.15, 0.2) is 0 Å². The summed E-state index contributed by atoms with van der Waals surface area (Å²) in [7, 11) is 0. The molecular weight excluding hydrogens is 564 g/mol. The van der Waals surface area contributed by atoms with Crippen molar-refractivity contribution >= 4 is 35.4 Å². The van der Waals surface area contributed by atoms with E-state index in [1.807, 2.05) is 0 Å². The first kappa shape index (κ1) is 39.7. The van der Waals surface area contributed by atoms with Crippen LogP contribution in [0.15, 0.2) is 0 Å². The maximum atomic E-state index is 12.5. The minimum Gasteiger partial charge on any atom is -0.356 e. The van der Waals surface area contributed by atoms with Gasteiger partial charge in [-0.25, -0.2) is 15.2 Å². The van der Waals surface area contributed by atoms with Crippen LogP contribution in [0, 0.1) is 5.92 Å². The van der Waals surface area contributed by atoms with Gasteiger partial charge in [-0.15, -0.1) is 0 Å². The van der Waals surface area contributed by atoms with Crippen molar-refractivity contribution in [3.05, 3.63) is 0 Å². The Hall–Kier alpha value is -3.30. The number of amides is 6. The van der Waals surface area contributed by atoms with E-state index in [1.54, 1.807) is 41.5 Å². The summed E-state index contributed by atoms with van der Waals surface area (Å²) in [6.45, 7) is 13.1. The van der Waals surface area contributed by atoms with Crippen LogP contribution in [-0.4, -0.2) is 103 Å². The lowest BCUT2D eigenvalue weighted by molar-refractivity contribution is -0.186. The van der Waals surface area contributed by atoms with Crippen LogP contribution >= 0.6 is 0 Å². The van der Waals surface area contributed by atoms with Crippen molar-refractivity contribution in [2.45, 2.75) is 117 Å². The first-order valence-electron chi connectivity index (χ1n) is 14.6. The zero-order valence-corrected chi connectivity index (χ0v) is 26.9. The number of carbonyl (C=O) groups is 6. The van der Waals surface area contributed by atoms with Gasteiger partial charge in [0.2, 0.25) is 35.4 Å². The monoisotopic (exact) mass is 616 g/mol. The van der Waals surface area contributed by atoms with Crippen molar-refractivity contribution in [1.29, 1.82) is 0 Å². The van der Waals surface area contributed by atoms with Gasteiger partial charge < -0.3 is 16.0 Å². The van der Waals surface area contributed by atoms with E-state index in [4.69, 9.17) is 0 Å². The molecule has 15 nitrogen and oxygen atoms in total. The molecule has 1 unspecified atom stereocenters. The van der Waals surface area contributed by atoms with Crippen molar-refractivity contribution in [3.63, 3.8) is 0 Å². The second-order valence-electron chi connectivity index (χ2n) is 12.1. The van der Waals surface area contributed by atoms with E-state index >= 15 is 0 Å². The van der Waals surface area contributed by atoms with Crippen molar-refractivity contribution in [1.82, 2.24) is 31.1 Å². The Morgan fingerprint density at radius 2 is 1.30 bits per heavy atom. The largest absolute Gasteiger partial charge is 0.356 e. The Bertz CT molecular complexity index is 970. The average Bonchev–Trinajstić information content (AvgIpc) is 2.93. The molecule has 0 aliphatic heterocycles. The highest BCUT2D eigenvalue weighted by molar-refractivity contribution is 5.85. The molecule has 6 N–H and O–H groups in total. The molecule has 0 aliphatic carbocycles. The molecule has 0 saturated carbocycles. The molecule has 0 aromatic heterocycles. The Labute approximate surface area is 254 Å². The van der Waals surface area contributed by atoms with Gasteiger partial charge in [-0.05, 0) is 53.9 Å². The summed E-state index contributed by atoms with van der Waals surface area (Å²) in [5.74, 6) is -3.14. The number of rotatable bonds is 19. The van der Waals surface area contributed by atoms with Crippen LogP contribution in [0.3, 0.4) is 0 Å². The number of hydrogen-bond donors (Lipinski definition) is 6. The molecule has 0 heterocycles. The molecule has 248 valence electrons. The lowest BCUT2D eigenvalue weighted by Crippen LogP contribution is -2.58. The number of carbonyl (C=O) groups excluding carboxylic acids is 6. The quantitative estimate of drug-likeness (QED) is 0.0702. The maximum Gasteiger partial charge on any atom is 0.246 e. The molecule has 0 rings (SSSR count). The van der Waals surface area contributed by atoms with Crippen LogP contribution in [0.5, 0.6) is 0 Å². The van der Waals surface area contributed by atoms with E-state index in [0.29, 0.717) is 41.0 Å². The fraction of sp³-hybridized carbons (Fsp3) is 0.786. The molecule has 43 heavy (non-hydrogen) atoms. The Balaban J connectivity index is 4.54. The zero-order chi connectivity index (χ0) is 33.5. The van der Waals surface area contributed by atoms with E-state index in [-0.39, 0.29) is 50.6 Å². The van der Waals surface area contributed by atoms with Crippen molar-refractivity contribution in [3.8, 4) is 0 Å². The Kier molecular flexibility index (Phi) is 17.0. The van der Waals surface area contributed by atoms with Gasteiger partial charge in [-0.2, -0.15) is 0 Å². The maximum absolute atomic E-state index is 12.5. The highest BCUT2D eigenvalue weighted by atomic mass is 16.5. The van der Waals surface area contributed by atoms with E-state index in [0.717, 1.165) is 0 Å². The molecule has 6 amide bonds. The molecule has 0 radical (unpaired) electrons. The van der Waals surface area contributed by atoms with Crippen LogP contribution in [0.4, 0.5) is 0 Å². The van der Waals surface area contributed by atoms with Gasteiger partial charge in [0.1, 0.15) is 0 Å². The topological polar surface area (TPSA) is 209 Å². The van der Waals surface area contributed by atoms with E-state index in [1.165, 1.54) is 13.8 Å². The Morgan fingerprint density at radius 1 is 0.744 bits per heavy atom. The fourth-order valence-corrected chi connectivity index (χ4v) is 3.74. The number of nitrogens with one attached hydrogen (secondary N) is 3. The van der Waals surface area contributed by atoms with Gasteiger partial charge in [0.05, 0.1) is 17.1 Å². The summed E-state index contributed by atoms with van der Waals surface area (Å²) >= 11 is 0. The molecule has 0 bridgehead atoms. The zero-order valence-electron chi connectivity index (χ0n) is 26.9. The third kappa shape index (κ3) is 15.1. The minimum absolute atomic E-state index is 0.0299. The van der Waals surface area contributed by atoms with E-state index < -0.39 is 46.7 Å². The summed E-state index contributed by atoms with van der Waals surface area (Å²) in [5.41, 5.74) is -2.18. The molecule has 15 heteroatoms. The molecule has 0 aromatic rings. The fourth-order valence-electron chi connectivity index (χ4n) is 3.74. The third-order valence-electron chi connectivity index (χ3n) is 7.01. The normalized spacial score (nSPS) is 12.3. The summed E-state index contributed by atoms with van der Waals surface area (Å²) < 4.78 is 0. The van der Waals surface area contributed by atoms with Gasteiger partial charge in [-0.1, -0.05) is 13.8 Å². The van der Waals surface area contributed by atoms with Crippen molar-refractivity contribution in [2.24, 2.45) is 5.92 Å². The Morgan fingerprint density at radius 3 is 1.86 bits per heavy atom. The predicted octanol–water partition coefficient (Wildman–Crippen LogP) is 1.34. The third-order valence-corrected chi connectivity index (χ3v) is 7.01. The number of nitrogens with zero attached hydrogens (tertiary/aromatic N) is 3. The SMILES string of the molecule is CC(=O)N(O)C(C)(C)CNC(=O)CCC(=O)N(O)C(C)C(C)(C)NC(=O)CCC(=O)N(O)CCCCCNC(=O)C(C)C. The second kappa shape index (κ2) is 18.4. The summed E-state index contributed by atoms with van der Waals surface area (Å²) in [4.78, 5) is 72.2. The van der Waals surface area contributed by atoms with E-state index in [9.17, 15) is 44.4 Å². The minimum atomic E-state index is -1.11. The average molecular weight is 617 g/mol. The van der Waals surface area contributed by atoms with Gasteiger partial charge in [0, 0.05) is 58.2 Å². The lowest BCUT2D eigenvalue weighted by Gasteiger charge is -2.37. The van der Waals surface area contributed by atoms with Crippen LogP contribution in [0.25, 0.3) is 0 Å². The van der Waals surface area contributed by atoms with Crippen molar-refractivity contribution < 1.29 is 44.4 Å². The molecule has 1 atom stereocenters. The molecule has 0 aliphatic rings. The van der Waals surface area contributed by atoms with Crippen LogP contribution in [-0.2, 0) is 28.8 Å². The molecule has 0 aromatic carbocycles. The van der Waals surface area contributed by atoms with Gasteiger partial charge in [0.25, 0.3) is 0 Å². The van der Waals surface area contributed by atoms with Crippen LogP contribution < -0.4 is 16.0 Å². The van der Waals surface area contributed by atoms with Gasteiger partial charge in [-0.3, -0.25) is 44.4 Å².